The van der Waals surface area contributed by atoms with Crippen LogP contribution in [0.4, 0.5) is 5.69 Å². The predicted octanol–water partition coefficient (Wildman–Crippen LogP) is 1.39. The van der Waals surface area contributed by atoms with Crippen LogP contribution in [0.25, 0.3) is 0 Å². The lowest BCUT2D eigenvalue weighted by molar-refractivity contribution is 0.598. The van der Waals surface area contributed by atoms with Crippen LogP contribution in [0.15, 0.2) is 35.7 Å². The second kappa shape index (κ2) is 4.50. The van der Waals surface area contributed by atoms with Crippen LogP contribution in [0.5, 0.6) is 0 Å². The van der Waals surface area contributed by atoms with Crippen LogP contribution in [-0.2, 0) is 10.0 Å². The number of nitrogens with one attached hydrogen (secondary N) is 2. The molecule has 6 nitrogen and oxygen atoms in total. The van der Waals surface area contributed by atoms with Gasteiger partial charge in [-0.25, -0.2) is 4.98 Å². The van der Waals surface area contributed by atoms with E-state index in [-0.39, 0.29) is 10.7 Å². The van der Waals surface area contributed by atoms with Crippen LogP contribution in [-0.4, -0.2) is 18.4 Å². The van der Waals surface area contributed by atoms with Gasteiger partial charge in [0.1, 0.15) is 6.07 Å². The van der Waals surface area contributed by atoms with Crippen molar-refractivity contribution in [2.45, 2.75) is 11.9 Å². The number of H-pyrrole nitrogens is 1. The van der Waals surface area contributed by atoms with Crippen LogP contribution in [0, 0.1) is 18.3 Å². The minimum absolute atomic E-state index is 0.0482. The maximum absolute atomic E-state index is 12.0. The summed E-state index contributed by atoms with van der Waals surface area (Å²) in [7, 11) is -3.74. The lowest BCUT2D eigenvalue weighted by Crippen LogP contribution is -2.14. The highest BCUT2D eigenvalue weighted by Crippen LogP contribution is 2.21. The van der Waals surface area contributed by atoms with E-state index >= 15 is 0 Å². The molecule has 0 aliphatic heterocycles. The molecule has 0 aliphatic carbocycles. The summed E-state index contributed by atoms with van der Waals surface area (Å²) in [4.78, 5) is 6.16. The van der Waals surface area contributed by atoms with E-state index in [0.29, 0.717) is 11.1 Å². The monoisotopic (exact) mass is 262 g/mol. The Balaban J connectivity index is 2.43. The third-order valence-corrected chi connectivity index (χ3v) is 3.68. The van der Waals surface area contributed by atoms with E-state index in [1.807, 2.05) is 6.07 Å². The molecule has 0 spiro atoms. The number of aromatic amines is 1. The largest absolute Gasteiger partial charge is 0.334 e. The Morgan fingerprint density at radius 3 is 2.83 bits per heavy atom. The van der Waals surface area contributed by atoms with Gasteiger partial charge < -0.3 is 4.98 Å². The molecule has 1 aromatic carbocycles. The van der Waals surface area contributed by atoms with Gasteiger partial charge in [0, 0.05) is 0 Å². The summed E-state index contributed by atoms with van der Waals surface area (Å²) in [5.41, 5.74) is 1.27. The fourth-order valence-corrected chi connectivity index (χ4v) is 2.47. The van der Waals surface area contributed by atoms with E-state index in [4.69, 9.17) is 5.26 Å². The van der Waals surface area contributed by atoms with Crippen molar-refractivity contribution in [3.05, 3.63) is 41.9 Å². The zero-order valence-corrected chi connectivity index (χ0v) is 10.3. The normalized spacial score (nSPS) is 10.9. The highest BCUT2D eigenvalue weighted by molar-refractivity contribution is 7.92. The van der Waals surface area contributed by atoms with Crippen LogP contribution in [0.1, 0.15) is 11.1 Å². The highest BCUT2D eigenvalue weighted by atomic mass is 32.2. The summed E-state index contributed by atoms with van der Waals surface area (Å²) in [6, 6.07) is 6.94. The van der Waals surface area contributed by atoms with E-state index in [9.17, 15) is 8.42 Å². The second-order valence-corrected chi connectivity index (χ2v) is 5.28. The van der Waals surface area contributed by atoms with E-state index in [1.165, 1.54) is 12.5 Å². The molecule has 92 valence electrons. The van der Waals surface area contributed by atoms with Crippen LogP contribution < -0.4 is 4.72 Å². The number of sulfonamides is 1. The van der Waals surface area contributed by atoms with Crippen molar-refractivity contribution in [3.63, 3.8) is 0 Å². The first-order valence-corrected chi connectivity index (χ1v) is 6.54. The zero-order chi connectivity index (χ0) is 13.2. The first-order valence-electron chi connectivity index (χ1n) is 5.05. The van der Waals surface area contributed by atoms with Gasteiger partial charge in [-0.3, -0.25) is 4.72 Å². The Hall–Kier alpha value is -2.33. The number of nitrogens with zero attached hydrogens (tertiary/aromatic N) is 2. The van der Waals surface area contributed by atoms with Crippen molar-refractivity contribution in [2.75, 3.05) is 4.72 Å². The van der Waals surface area contributed by atoms with Gasteiger partial charge in [-0.1, -0.05) is 12.1 Å². The zero-order valence-electron chi connectivity index (χ0n) is 9.51. The van der Waals surface area contributed by atoms with Crippen molar-refractivity contribution >= 4 is 15.7 Å². The second-order valence-electron chi connectivity index (χ2n) is 3.63. The SMILES string of the molecule is Cc1cccc(NS(=O)(=O)c2cnc[nH]2)c1C#N. The van der Waals surface area contributed by atoms with Gasteiger partial charge in [0.05, 0.1) is 23.8 Å². The third kappa shape index (κ3) is 2.19. The molecular formula is C11H10N4O2S. The molecule has 0 radical (unpaired) electrons. The molecule has 7 heteroatoms. The number of benzene rings is 1. The van der Waals surface area contributed by atoms with Crippen molar-refractivity contribution in [3.8, 4) is 6.07 Å². The Morgan fingerprint density at radius 2 is 2.22 bits per heavy atom. The van der Waals surface area contributed by atoms with Gasteiger partial charge in [-0.2, -0.15) is 13.7 Å². The molecule has 0 bridgehead atoms. The van der Waals surface area contributed by atoms with Gasteiger partial charge in [0.2, 0.25) is 0 Å². The van der Waals surface area contributed by atoms with E-state index < -0.39 is 10.0 Å². The van der Waals surface area contributed by atoms with Crippen LogP contribution >= 0.6 is 0 Å². The summed E-state index contributed by atoms with van der Waals surface area (Å²) >= 11 is 0. The van der Waals surface area contributed by atoms with Crippen molar-refractivity contribution in [1.82, 2.24) is 9.97 Å². The minimum Gasteiger partial charge on any atom is -0.334 e. The van der Waals surface area contributed by atoms with Crippen LogP contribution in [0.3, 0.4) is 0 Å². The maximum Gasteiger partial charge on any atom is 0.279 e. The molecule has 0 saturated carbocycles. The number of rotatable bonds is 3. The van der Waals surface area contributed by atoms with E-state index in [1.54, 1.807) is 25.1 Å². The lowest BCUT2D eigenvalue weighted by atomic mass is 10.1. The molecule has 2 rings (SSSR count). The Bertz CT molecular complexity index is 699. The average Bonchev–Trinajstić information content (AvgIpc) is 2.83. The molecule has 1 aromatic heterocycles. The van der Waals surface area contributed by atoms with Crippen molar-refractivity contribution in [1.29, 1.82) is 5.26 Å². The summed E-state index contributed by atoms with van der Waals surface area (Å²) in [5.74, 6) is 0. The smallest absolute Gasteiger partial charge is 0.279 e. The molecule has 2 aromatic rings. The molecular weight excluding hydrogens is 252 g/mol. The van der Waals surface area contributed by atoms with Gasteiger partial charge in [-0.15, -0.1) is 0 Å². The predicted molar refractivity (Wildman–Crippen MR) is 65.3 cm³/mol. The Morgan fingerprint density at radius 1 is 1.44 bits per heavy atom. The van der Waals surface area contributed by atoms with Gasteiger partial charge in [0.15, 0.2) is 5.03 Å². The minimum atomic E-state index is -3.74. The Labute approximate surface area is 104 Å². The lowest BCUT2D eigenvalue weighted by Gasteiger charge is -2.09. The number of anilines is 1. The Kier molecular flexibility index (Phi) is 3.04. The molecule has 18 heavy (non-hydrogen) atoms. The highest BCUT2D eigenvalue weighted by Gasteiger charge is 2.17. The first kappa shape index (κ1) is 12.1. The number of aromatic nitrogens is 2. The molecule has 0 aliphatic rings. The van der Waals surface area contributed by atoms with Gasteiger partial charge in [-0.05, 0) is 18.6 Å². The number of nitriles is 1. The molecule has 1 heterocycles. The van der Waals surface area contributed by atoms with Crippen molar-refractivity contribution in [2.24, 2.45) is 0 Å². The fourth-order valence-electron chi connectivity index (χ4n) is 1.49. The number of aryl methyl sites for hydroxylation is 1. The van der Waals surface area contributed by atoms with E-state index in [2.05, 4.69) is 14.7 Å². The quantitative estimate of drug-likeness (QED) is 0.873. The molecule has 0 saturated heterocycles. The summed E-state index contributed by atoms with van der Waals surface area (Å²) < 4.78 is 26.3. The number of imidazole rings is 1. The van der Waals surface area contributed by atoms with Crippen LogP contribution in [0.2, 0.25) is 0 Å². The summed E-state index contributed by atoms with van der Waals surface area (Å²) in [6.45, 7) is 1.74. The van der Waals surface area contributed by atoms with E-state index in [0.717, 1.165) is 0 Å². The number of hydrogen-bond donors (Lipinski definition) is 2. The number of hydrogen-bond acceptors (Lipinski definition) is 4. The van der Waals surface area contributed by atoms with Gasteiger partial charge in [0.25, 0.3) is 10.0 Å². The summed E-state index contributed by atoms with van der Waals surface area (Å²) in [5, 5.41) is 8.97. The molecule has 0 unspecified atom stereocenters. The molecule has 2 N–H and O–H groups in total. The first-order chi connectivity index (χ1) is 8.54. The third-order valence-electron chi connectivity index (χ3n) is 2.39. The maximum atomic E-state index is 12.0. The van der Waals surface area contributed by atoms with Gasteiger partial charge >= 0.3 is 0 Å². The fraction of sp³-hybridized carbons (Fsp3) is 0.0909. The molecule has 0 fully saturated rings. The topological polar surface area (TPSA) is 98.6 Å². The molecule has 0 amide bonds. The summed E-state index contributed by atoms with van der Waals surface area (Å²) in [6.07, 6.45) is 2.47. The average molecular weight is 262 g/mol. The standard InChI is InChI=1S/C11H10N4O2S/c1-8-3-2-4-10(9(8)5-12)15-18(16,17)11-6-13-7-14-11/h2-4,6-7,15H,1H3,(H,13,14). The molecule has 0 atom stereocenters. The van der Waals surface area contributed by atoms with Crippen molar-refractivity contribution < 1.29 is 8.42 Å².